The minimum Gasteiger partial charge on any atom is -0.370 e. The van der Waals surface area contributed by atoms with Gasteiger partial charge in [-0.15, -0.1) is 0 Å². The topological polar surface area (TPSA) is 46.9 Å². The average Bonchev–Trinajstić information content (AvgIpc) is 3.11. The number of thiazole rings is 1. The van der Waals surface area contributed by atoms with E-state index in [0.717, 1.165) is 53.8 Å². The van der Waals surface area contributed by atoms with Gasteiger partial charge in [-0.1, -0.05) is 29.0 Å². The van der Waals surface area contributed by atoms with Crippen LogP contribution in [-0.4, -0.2) is 50.3 Å². The van der Waals surface area contributed by atoms with E-state index in [0.29, 0.717) is 12.1 Å². The van der Waals surface area contributed by atoms with Gasteiger partial charge in [-0.25, -0.2) is 4.98 Å². The first kappa shape index (κ1) is 20.0. The van der Waals surface area contributed by atoms with Gasteiger partial charge >= 0.3 is 0 Å². The number of benzene rings is 2. The second-order valence-corrected chi connectivity index (χ2v) is 8.85. The van der Waals surface area contributed by atoms with Gasteiger partial charge in [-0.2, -0.15) is 0 Å². The van der Waals surface area contributed by atoms with E-state index < -0.39 is 0 Å². The van der Waals surface area contributed by atoms with Crippen molar-refractivity contribution in [2.75, 3.05) is 44.3 Å². The van der Waals surface area contributed by atoms with Crippen molar-refractivity contribution in [1.82, 2.24) is 4.98 Å². The first-order valence-corrected chi connectivity index (χ1v) is 11.0. The Morgan fingerprint density at radius 3 is 2.66 bits per heavy atom. The first-order valence-electron chi connectivity index (χ1n) is 10.2. The molecule has 6 heteroatoms. The van der Waals surface area contributed by atoms with Gasteiger partial charge in [0.1, 0.15) is 13.1 Å². The third kappa shape index (κ3) is 4.50. The van der Waals surface area contributed by atoms with Gasteiger partial charge in [0.15, 0.2) is 5.13 Å². The highest BCUT2D eigenvalue weighted by molar-refractivity contribution is 7.22. The Morgan fingerprint density at radius 1 is 1.14 bits per heavy atom. The van der Waals surface area contributed by atoms with Gasteiger partial charge in [0, 0.05) is 5.56 Å². The van der Waals surface area contributed by atoms with E-state index in [1.807, 2.05) is 36.1 Å². The lowest BCUT2D eigenvalue weighted by Crippen LogP contribution is -3.14. The summed E-state index contributed by atoms with van der Waals surface area (Å²) in [4.78, 5) is 21.6. The Kier molecular flexibility index (Phi) is 5.94. The monoisotopic (exact) mass is 410 g/mol. The lowest BCUT2D eigenvalue weighted by molar-refractivity contribution is -0.906. The van der Waals surface area contributed by atoms with Crippen molar-refractivity contribution >= 4 is 32.6 Å². The first-order chi connectivity index (χ1) is 14.0. The SMILES string of the molecule is Cc1cccc(C(=O)N(CC[NH+]2CCOCC2)c2nc3cc(C)c(C)cc3s2)c1. The number of carbonyl (C=O) groups excluding carboxylic acids is 1. The zero-order valence-electron chi connectivity index (χ0n) is 17.3. The van der Waals surface area contributed by atoms with Crippen LogP contribution in [0.1, 0.15) is 27.0 Å². The van der Waals surface area contributed by atoms with Crippen LogP contribution in [0.25, 0.3) is 10.2 Å². The predicted octanol–water partition coefficient (Wildman–Crippen LogP) is 2.78. The lowest BCUT2D eigenvalue weighted by Gasteiger charge is -2.27. The van der Waals surface area contributed by atoms with E-state index in [2.05, 4.69) is 26.0 Å². The van der Waals surface area contributed by atoms with E-state index in [9.17, 15) is 4.79 Å². The predicted molar refractivity (Wildman–Crippen MR) is 118 cm³/mol. The second-order valence-electron chi connectivity index (χ2n) is 7.84. The number of rotatable bonds is 5. The Labute approximate surface area is 175 Å². The van der Waals surface area contributed by atoms with E-state index in [1.54, 1.807) is 11.3 Å². The molecule has 0 bridgehead atoms. The number of aryl methyl sites for hydroxylation is 3. The van der Waals surface area contributed by atoms with Crippen molar-refractivity contribution < 1.29 is 14.4 Å². The summed E-state index contributed by atoms with van der Waals surface area (Å²) in [5, 5.41) is 0.782. The van der Waals surface area contributed by atoms with Crippen LogP contribution in [0.3, 0.4) is 0 Å². The Bertz CT molecular complexity index is 985. The Morgan fingerprint density at radius 2 is 1.90 bits per heavy atom. The highest BCUT2D eigenvalue weighted by Gasteiger charge is 2.24. The Balaban J connectivity index is 1.66. The molecule has 1 aromatic heterocycles. The maximum atomic E-state index is 13.4. The van der Waals surface area contributed by atoms with Crippen molar-refractivity contribution in [2.24, 2.45) is 0 Å². The summed E-state index contributed by atoms with van der Waals surface area (Å²) in [5.41, 5.74) is 5.25. The highest BCUT2D eigenvalue weighted by atomic mass is 32.1. The van der Waals surface area contributed by atoms with Gasteiger partial charge in [0.05, 0.1) is 36.5 Å². The molecule has 29 heavy (non-hydrogen) atoms. The standard InChI is InChI=1S/C23H27N3O2S/c1-16-5-4-6-19(13-16)22(27)26(8-7-25-9-11-28-12-10-25)23-24-20-14-17(2)18(3)15-21(20)29-23/h4-6,13-15H,7-12H2,1-3H3/p+1. The number of anilines is 1. The number of ether oxygens (including phenoxy) is 1. The second kappa shape index (κ2) is 8.61. The zero-order chi connectivity index (χ0) is 20.4. The summed E-state index contributed by atoms with van der Waals surface area (Å²) >= 11 is 1.60. The number of fused-ring (bicyclic) bond motifs is 1. The molecule has 0 saturated carbocycles. The molecule has 5 nitrogen and oxygen atoms in total. The van der Waals surface area contributed by atoms with Crippen molar-refractivity contribution in [1.29, 1.82) is 0 Å². The average molecular weight is 411 g/mol. The van der Waals surface area contributed by atoms with E-state index in [-0.39, 0.29) is 5.91 Å². The van der Waals surface area contributed by atoms with Gasteiger partial charge in [-0.3, -0.25) is 9.69 Å². The summed E-state index contributed by atoms with van der Waals surface area (Å²) in [5.74, 6) is 0.0221. The van der Waals surface area contributed by atoms with E-state index >= 15 is 0 Å². The third-order valence-electron chi connectivity index (χ3n) is 5.62. The maximum absolute atomic E-state index is 13.4. The van der Waals surface area contributed by atoms with Gasteiger partial charge in [-0.05, 0) is 56.2 Å². The van der Waals surface area contributed by atoms with Crippen molar-refractivity contribution in [2.45, 2.75) is 20.8 Å². The van der Waals surface area contributed by atoms with Crippen LogP contribution in [0, 0.1) is 20.8 Å². The van der Waals surface area contributed by atoms with Crippen molar-refractivity contribution in [3.8, 4) is 0 Å². The molecule has 3 aromatic rings. The largest absolute Gasteiger partial charge is 0.370 e. The normalized spacial score (nSPS) is 15.0. The highest BCUT2D eigenvalue weighted by Crippen LogP contribution is 2.31. The van der Waals surface area contributed by atoms with Gasteiger partial charge < -0.3 is 9.64 Å². The third-order valence-corrected chi connectivity index (χ3v) is 6.66. The molecule has 1 fully saturated rings. The molecule has 4 rings (SSSR count). The van der Waals surface area contributed by atoms with Crippen LogP contribution in [-0.2, 0) is 4.74 Å². The van der Waals surface area contributed by atoms with Crippen LogP contribution >= 0.6 is 11.3 Å². The molecule has 152 valence electrons. The number of nitrogens with zero attached hydrogens (tertiary/aromatic N) is 2. The molecule has 1 saturated heterocycles. The molecular weight excluding hydrogens is 382 g/mol. The van der Waals surface area contributed by atoms with E-state index in [1.165, 1.54) is 16.0 Å². The molecule has 0 spiro atoms. The van der Waals surface area contributed by atoms with E-state index in [4.69, 9.17) is 9.72 Å². The van der Waals surface area contributed by atoms with Crippen LogP contribution in [0.2, 0.25) is 0 Å². The van der Waals surface area contributed by atoms with Crippen LogP contribution in [0.4, 0.5) is 5.13 Å². The maximum Gasteiger partial charge on any atom is 0.260 e. The van der Waals surface area contributed by atoms with Crippen LogP contribution < -0.4 is 9.80 Å². The van der Waals surface area contributed by atoms with Crippen LogP contribution in [0.15, 0.2) is 36.4 Å². The zero-order valence-corrected chi connectivity index (χ0v) is 18.1. The summed E-state index contributed by atoms with van der Waals surface area (Å²) in [6.07, 6.45) is 0. The molecule has 0 aliphatic carbocycles. The number of carbonyl (C=O) groups is 1. The molecule has 0 unspecified atom stereocenters. The lowest BCUT2D eigenvalue weighted by atomic mass is 10.1. The molecule has 1 amide bonds. The molecule has 0 radical (unpaired) electrons. The van der Waals surface area contributed by atoms with Gasteiger partial charge in [0.2, 0.25) is 0 Å². The molecule has 1 N–H and O–H groups in total. The summed E-state index contributed by atoms with van der Waals surface area (Å²) < 4.78 is 6.60. The summed E-state index contributed by atoms with van der Waals surface area (Å²) in [6.45, 7) is 11.4. The van der Waals surface area contributed by atoms with Crippen LogP contribution in [0.5, 0.6) is 0 Å². The smallest absolute Gasteiger partial charge is 0.260 e. The minimum atomic E-state index is 0.0221. The van der Waals surface area contributed by atoms with Crippen molar-refractivity contribution in [3.05, 3.63) is 58.7 Å². The number of aromatic nitrogens is 1. The fourth-order valence-corrected chi connectivity index (χ4v) is 4.75. The number of nitrogens with one attached hydrogen (secondary N) is 1. The van der Waals surface area contributed by atoms with Crippen molar-refractivity contribution in [3.63, 3.8) is 0 Å². The number of hydrogen-bond donors (Lipinski definition) is 1. The number of quaternary nitrogens is 1. The molecule has 0 atom stereocenters. The molecule has 2 heterocycles. The fraction of sp³-hybridized carbons (Fsp3) is 0.391. The number of morpholine rings is 1. The number of hydrogen-bond acceptors (Lipinski definition) is 4. The minimum absolute atomic E-state index is 0.0221. The summed E-state index contributed by atoms with van der Waals surface area (Å²) in [6, 6.07) is 12.1. The molecule has 2 aromatic carbocycles. The molecular formula is C23H28N3O2S+. The molecule has 1 aliphatic rings. The quantitative estimate of drug-likeness (QED) is 0.704. The van der Waals surface area contributed by atoms with Gasteiger partial charge in [0.25, 0.3) is 5.91 Å². The molecule has 1 aliphatic heterocycles. The fourth-order valence-electron chi connectivity index (χ4n) is 3.68. The summed E-state index contributed by atoms with van der Waals surface area (Å²) in [7, 11) is 0. The Hall–Kier alpha value is -2.28. The number of amides is 1.